The SMILES string of the molecule is CC(C)(S)[C@H](N)C(=O)N1C[C@@H](F)CC1C#N. The minimum atomic E-state index is -1.14. The van der Waals surface area contributed by atoms with Crippen LogP contribution in [0.5, 0.6) is 0 Å². The van der Waals surface area contributed by atoms with E-state index in [0.29, 0.717) is 0 Å². The molecule has 0 spiro atoms. The van der Waals surface area contributed by atoms with Crippen molar-refractivity contribution in [3.05, 3.63) is 0 Å². The normalized spacial score (nSPS) is 27.6. The van der Waals surface area contributed by atoms with Gasteiger partial charge in [-0.1, -0.05) is 0 Å². The van der Waals surface area contributed by atoms with Gasteiger partial charge in [0.25, 0.3) is 0 Å². The molecule has 1 amide bonds. The highest BCUT2D eigenvalue weighted by Crippen LogP contribution is 2.24. The van der Waals surface area contributed by atoms with Crippen molar-refractivity contribution >= 4 is 18.5 Å². The quantitative estimate of drug-likeness (QED) is 0.695. The fourth-order valence-corrected chi connectivity index (χ4v) is 1.74. The van der Waals surface area contributed by atoms with Crippen LogP contribution in [0.3, 0.4) is 0 Å². The Hall–Kier alpha value is -0.800. The fraction of sp³-hybridized carbons (Fsp3) is 0.800. The van der Waals surface area contributed by atoms with Crippen molar-refractivity contribution in [2.45, 2.75) is 43.3 Å². The third kappa shape index (κ3) is 2.66. The van der Waals surface area contributed by atoms with Gasteiger partial charge in [0.2, 0.25) is 5.91 Å². The van der Waals surface area contributed by atoms with E-state index in [2.05, 4.69) is 12.6 Å². The first-order valence-corrected chi connectivity index (χ1v) is 5.54. The Morgan fingerprint density at radius 2 is 2.31 bits per heavy atom. The second-order valence-corrected chi connectivity index (χ2v) is 5.75. The molecule has 0 aromatic rings. The van der Waals surface area contributed by atoms with Gasteiger partial charge in [0.15, 0.2) is 0 Å². The molecule has 90 valence electrons. The molecule has 0 aliphatic carbocycles. The third-order valence-corrected chi connectivity index (χ3v) is 2.99. The fourth-order valence-electron chi connectivity index (χ4n) is 1.63. The van der Waals surface area contributed by atoms with Crippen LogP contribution in [0.25, 0.3) is 0 Å². The van der Waals surface area contributed by atoms with Crippen molar-refractivity contribution in [2.24, 2.45) is 5.73 Å². The van der Waals surface area contributed by atoms with Crippen molar-refractivity contribution in [1.29, 1.82) is 5.26 Å². The lowest BCUT2D eigenvalue weighted by atomic mass is 10.0. The first kappa shape index (κ1) is 13.3. The lowest BCUT2D eigenvalue weighted by molar-refractivity contribution is -0.133. The van der Waals surface area contributed by atoms with Gasteiger partial charge in [-0.2, -0.15) is 17.9 Å². The van der Waals surface area contributed by atoms with Crippen LogP contribution in [0.2, 0.25) is 0 Å². The molecule has 6 heteroatoms. The second-order valence-electron chi connectivity index (χ2n) is 4.60. The summed E-state index contributed by atoms with van der Waals surface area (Å²) in [4.78, 5) is 13.2. The summed E-state index contributed by atoms with van der Waals surface area (Å²) in [5, 5.41) is 8.82. The van der Waals surface area contributed by atoms with Crippen LogP contribution in [0.1, 0.15) is 20.3 Å². The van der Waals surface area contributed by atoms with E-state index in [0.717, 1.165) is 0 Å². The molecule has 0 bridgehead atoms. The van der Waals surface area contributed by atoms with Gasteiger partial charge in [0.05, 0.1) is 18.7 Å². The smallest absolute Gasteiger partial charge is 0.242 e. The van der Waals surface area contributed by atoms with Crippen LogP contribution in [0, 0.1) is 11.3 Å². The topological polar surface area (TPSA) is 70.1 Å². The summed E-state index contributed by atoms with van der Waals surface area (Å²) in [6.07, 6.45) is -1.06. The maximum atomic E-state index is 13.1. The van der Waals surface area contributed by atoms with Gasteiger partial charge >= 0.3 is 0 Å². The Bertz CT molecular complexity index is 323. The molecule has 0 saturated carbocycles. The van der Waals surface area contributed by atoms with Crippen molar-refractivity contribution in [3.63, 3.8) is 0 Å². The molecular formula is C10H16FN3OS. The molecule has 0 aromatic heterocycles. The van der Waals surface area contributed by atoms with Crippen LogP contribution in [-0.2, 0) is 4.79 Å². The van der Waals surface area contributed by atoms with Crippen LogP contribution in [-0.4, -0.2) is 40.4 Å². The summed E-state index contributed by atoms with van der Waals surface area (Å²) in [5.74, 6) is -0.410. The van der Waals surface area contributed by atoms with Gasteiger partial charge in [0, 0.05) is 11.2 Å². The molecule has 1 unspecified atom stereocenters. The molecule has 0 radical (unpaired) electrons. The highest BCUT2D eigenvalue weighted by atomic mass is 32.1. The Balaban J connectivity index is 2.79. The number of alkyl halides is 1. The lowest BCUT2D eigenvalue weighted by Crippen LogP contribution is -2.53. The summed E-state index contributed by atoms with van der Waals surface area (Å²) in [6.45, 7) is 3.38. The summed E-state index contributed by atoms with van der Waals surface area (Å²) in [6, 6.07) is 0.376. The van der Waals surface area contributed by atoms with Crippen LogP contribution in [0.15, 0.2) is 0 Å². The van der Waals surface area contributed by atoms with Gasteiger partial charge in [-0.05, 0) is 13.8 Å². The van der Waals surface area contributed by atoms with Crippen LogP contribution < -0.4 is 5.73 Å². The second kappa shape index (κ2) is 4.60. The molecule has 1 fully saturated rings. The van der Waals surface area contributed by atoms with Gasteiger partial charge in [-0.25, -0.2) is 4.39 Å². The Morgan fingerprint density at radius 3 is 2.75 bits per heavy atom. The monoisotopic (exact) mass is 245 g/mol. The molecule has 1 heterocycles. The highest BCUT2D eigenvalue weighted by molar-refractivity contribution is 7.81. The lowest BCUT2D eigenvalue weighted by Gasteiger charge is -2.30. The van der Waals surface area contributed by atoms with E-state index in [9.17, 15) is 9.18 Å². The van der Waals surface area contributed by atoms with E-state index >= 15 is 0 Å². The number of carbonyl (C=O) groups is 1. The summed E-state index contributed by atoms with van der Waals surface area (Å²) in [7, 11) is 0. The summed E-state index contributed by atoms with van der Waals surface area (Å²) < 4.78 is 12.4. The zero-order valence-electron chi connectivity index (χ0n) is 9.35. The number of likely N-dealkylation sites (tertiary alicyclic amines) is 1. The predicted molar refractivity (Wildman–Crippen MR) is 61.7 cm³/mol. The predicted octanol–water partition coefficient (Wildman–Crippen LogP) is 0.485. The van der Waals surface area contributed by atoms with Crippen molar-refractivity contribution in [2.75, 3.05) is 6.54 Å². The van der Waals surface area contributed by atoms with Crippen LogP contribution in [0.4, 0.5) is 4.39 Å². The van der Waals surface area contributed by atoms with Crippen LogP contribution >= 0.6 is 12.6 Å². The van der Waals surface area contributed by atoms with Gasteiger partial charge in [0.1, 0.15) is 12.2 Å². The van der Waals surface area contributed by atoms with Gasteiger partial charge in [-0.3, -0.25) is 4.79 Å². The number of hydrogen-bond donors (Lipinski definition) is 2. The number of halogens is 1. The Morgan fingerprint density at radius 1 is 1.75 bits per heavy atom. The molecule has 3 atom stereocenters. The molecular weight excluding hydrogens is 229 g/mol. The molecule has 1 rings (SSSR count). The van der Waals surface area contributed by atoms with Crippen molar-refractivity contribution in [3.8, 4) is 6.07 Å². The molecule has 4 nitrogen and oxygen atoms in total. The van der Waals surface area contributed by atoms with E-state index in [1.807, 2.05) is 6.07 Å². The number of nitrogens with zero attached hydrogens (tertiary/aromatic N) is 2. The first-order valence-electron chi connectivity index (χ1n) is 5.09. The van der Waals surface area contributed by atoms with E-state index in [1.54, 1.807) is 13.8 Å². The van der Waals surface area contributed by atoms with Crippen molar-refractivity contribution < 1.29 is 9.18 Å². The number of nitriles is 1. The number of amides is 1. The summed E-state index contributed by atoms with van der Waals surface area (Å²) >= 11 is 4.21. The van der Waals surface area contributed by atoms with E-state index in [1.165, 1.54) is 4.90 Å². The van der Waals surface area contributed by atoms with E-state index in [4.69, 9.17) is 11.0 Å². The number of carbonyl (C=O) groups excluding carboxylic acids is 1. The number of thiol groups is 1. The number of rotatable bonds is 2. The molecule has 1 aliphatic rings. The Kier molecular flexibility index (Phi) is 3.81. The molecule has 1 saturated heterocycles. The average Bonchev–Trinajstić information content (AvgIpc) is 2.55. The number of nitrogens with two attached hydrogens (primary N) is 1. The largest absolute Gasteiger partial charge is 0.322 e. The molecule has 16 heavy (non-hydrogen) atoms. The minimum Gasteiger partial charge on any atom is -0.322 e. The summed E-state index contributed by atoms with van der Waals surface area (Å²) in [5.41, 5.74) is 5.74. The third-order valence-electron chi connectivity index (χ3n) is 2.71. The molecule has 0 aromatic carbocycles. The standard InChI is InChI=1S/C10H16FN3OS/c1-10(2,16)8(13)9(15)14-5-6(11)3-7(14)4-12/h6-8,16H,3,5,13H2,1-2H3/t6-,7?,8+/m0/s1. The minimum absolute atomic E-state index is 0.0470. The number of hydrogen-bond acceptors (Lipinski definition) is 4. The van der Waals surface area contributed by atoms with Crippen molar-refractivity contribution in [1.82, 2.24) is 4.90 Å². The van der Waals surface area contributed by atoms with Gasteiger partial charge in [-0.15, -0.1) is 0 Å². The zero-order valence-corrected chi connectivity index (χ0v) is 10.2. The van der Waals surface area contributed by atoms with Gasteiger partial charge < -0.3 is 10.6 Å². The zero-order chi connectivity index (χ0) is 12.5. The average molecular weight is 245 g/mol. The van der Waals surface area contributed by atoms with E-state index in [-0.39, 0.29) is 13.0 Å². The highest BCUT2D eigenvalue weighted by Gasteiger charge is 2.40. The first-order chi connectivity index (χ1) is 7.27. The Labute approximate surface area is 100.0 Å². The maximum Gasteiger partial charge on any atom is 0.242 e. The maximum absolute atomic E-state index is 13.1. The molecule has 2 N–H and O–H groups in total. The molecule has 1 aliphatic heterocycles. The van der Waals surface area contributed by atoms with E-state index < -0.39 is 28.9 Å².